The van der Waals surface area contributed by atoms with Crippen molar-refractivity contribution >= 4 is 22.5 Å². The molecule has 3 heterocycles. The Morgan fingerprint density at radius 1 is 1.16 bits per heavy atom. The summed E-state index contributed by atoms with van der Waals surface area (Å²) in [6.07, 6.45) is 6.20. The molecule has 1 aromatic carbocycles. The van der Waals surface area contributed by atoms with Crippen LogP contribution in [0.2, 0.25) is 0 Å². The Morgan fingerprint density at radius 3 is 2.87 bits per heavy atom. The maximum Gasteiger partial charge on any atom is 0.275 e. The number of carbonyl (C=O) groups excluding carboxylic acids is 1. The number of rotatable bonds is 8. The highest BCUT2D eigenvalue weighted by Crippen LogP contribution is 2.17. The largest absolute Gasteiger partial charge is 0.356 e. The van der Waals surface area contributed by atoms with E-state index in [-0.39, 0.29) is 17.3 Å². The fourth-order valence-corrected chi connectivity index (χ4v) is 4.66. The first-order valence-corrected chi connectivity index (χ1v) is 11.3. The Kier molecular flexibility index (Phi) is 6.70. The molecule has 0 bridgehead atoms. The van der Waals surface area contributed by atoms with Crippen molar-refractivity contribution in [1.29, 1.82) is 0 Å². The standard InChI is InChI=1S/C24H31FN4O2/c1-18-6-2-12-27(17-18)13-5-11-26-23(30)8-4-15-29-22-16-19(25)9-10-20(22)28-14-3-7-21(28)24(29)31/h3,7,9-10,14,16,18H,2,4-6,8,11-13,15,17H2,1H3,(H,26,30)/t18-/m1/s1. The van der Waals surface area contributed by atoms with E-state index in [9.17, 15) is 14.0 Å². The lowest BCUT2D eigenvalue weighted by Crippen LogP contribution is -2.36. The molecule has 0 saturated carbocycles. The van der Waals surface area contributed by atoms with Gasteiger partial charge in [-0.25, -0.2) is 4.39 Å². The molecule has 31 heavy (non-hydrogen) atoms. The van der Waals surface area contributed by atoms with Crippen LogP contribution in [0.3, 0.4) is 0 Å². The van der Waals surface area contributed by atoms with E-state index in [2.05, 4.69) is 17.1 Å². The second-order valence-electron chi connectivity index (χ2n) is 8.71. The van der Waals surface area contributed by atoms with Crippen LogP contribution in [0.25, 0.3) is 16.6 Å². The third-order valence-corrected chi connectivity index (χ3v) is 6.20. The van der Waals surface area contributed by atoms with Gasteiger partial charge in [0.05, 0.1) is 11.0 Å². The molecule has 4 rings (SSSR count). The molecular weight excluding hydrogens is 395 g/mol. The van der Waals surface area contributed by atoms with Gasteiger partial charge in [0.15, 0.2) is 0 Å². The van der Waals surface area contributed by atoms with Gasteiger partial charge in [0.2, 0.25) is 5.91 Å². The molecule has 0 unspecified atom stereocenters. The van der Waals surface area contributed by atoms with Gasteiger partial charge in [-0.2, -0.15) is 0 Å². The second kappa shape index (κ2) is 9.64. The highest BCUT2D eigenvalue weighted by atomic mass is 19.1. The molecule has 1 aliphatic rings. The van der Waals surface area contributed by atoms with Crippen LogP contribution in [0.1, 0.15) is 39.0 Å². The normalized spacial score (nSPS) is 17.4. The molecule has 0 spiro atoms. The highest BCUT2D eigenvalue weighted by Gasteiger charge is 2.15. The van der Waals surface area contributed by atoms with Crippen molar-refractivity contribution in [3.05, 3.63) is 52.7 Å². The molecular formula is C24H31FN4O2. The van der Waals surface area contributed by atoms with Gasteiger partial charge in [-0.05, 0) is 75.0 Å². The number of benzene rings is 1. The Balaban J connectivity index is 1.31. The third kappa shape index (κ3) is 4.98. The summed E-state index contributed by atoms with van der Waals surface area (Å²) < 4.78 is 17.2. The summed E-state index contributed by atoms with van der Waals surface area (Å²) in [5.41, 5.74) is 1.71. The summed E-state index contributed by atoms with van der Waals surface area (Å²) in [6.45, 7) is 6.68. The molecule has 0 aliphatic carbocycles. The minimum absolute atomic E-state index is 0.000638. The number of hydrogen-bond acceptors (Lipinski definition) is 3. The van der Waals surface area contributed by atoms with Crippen LogP contribution in [0.15, 0.2) is 41.3 Å². The molecule has 166 valence electrons. The fraction of sp³-hybridized carbons (Fsp3) is 0.500. The quantitative estimate of drug-likeness (QED) is 0.562. The first kappa shape index (κ1) is 21.6. The predicted octanol–water partition coefficient (Wildman–Crippen LogP) is 3.41. The van der Waals surface area contributed by atoms with Gasteiger partial charge in [0.1, 0.15) is 11.3 Å². The van der Waals surface area contributed by atoms with Crippen LogP contribution in [-0.4, -0.2) is 46.0 Å². The summed E-state index contributed by atoms with van der Waals surface area (Å²) >= 11 is 0. The van der Waals surface area contributed by atoms with Gasteiger partial charge in [-0.1, -0.05) is 6.92 Å². The predicted molar refractivity (Wildman–Crippen MR) is 121 cm³/mol. The summed E-state index contributed by atoms with van der Waals surface area (Å²) in [5.74, 6) is 0.384. The molecule has 1 atom stereocenters. The van der Waals surface area contributed by atoms with Crippen molar-refractivity contribution in [3.8, 4) is 0 Å². The average molecular weight is 427 g/mol. The minimum atomic E-state index is -0.381. The number of nitrogens with zero attached hydrogens (tertiary/aromatic N) is 3. The molecule has 1 N–H and O–H groups in total. The summed E-state index contributed by atoms with van der Waals surface area (Å²) in [7, 11) is 0. The van der Waals surface area contributed by atoms with E-state index in [4.69, 9.17) is 0 Å². The summed E-state index contributed by atoms with van der Waals surface area (Å²) in [4.78, 5) is 27.6. The zero-order chi connectivity index (χ0) is 21.8. The van der Waals surface area contributed by atoms with E-state index in [1.165, 1.54) is 25.0 Å². The van der Waals surface area contributed by atoms with Crippen LogP contribution in [0, 0.1) is 11.7 Å². The van der Waals surface area contributed by atoms with Gasteiger partial charge in [-0.15, -0.1) is 0 Å². The maximum absolute atomic E-state index is 13.9. The molecule has 3 aromatic rings. The number of likely N-dealkylation sites (tertiary alicyclic amines) is 1. The van der Waals surface area contributed by atoms with Crippen LogP contribution in [0.5, 0.6) is 0 Å². The molecule has 6 nitrogen and oxygen atoms in total. The number of carbonyl (C=O) groups is 1. The van der Waals surface area contributed by atoms with E-state index < -0.39 is 0 Å². The molecule has 1 fully saturated rings. The van der Waals surface area contributed by atoms with Gasteiger partial charge >= 0.3 is 0 Å². The van der Waals surface area contributed by atoms with Crippen molar-refractivity contribution in [3.63, 3.8) is 0 Å². The van der Waals surface area contributed by atoms with E-state index in [0.717, 1.165) is 37.5 Å². The Hall–Kier alpha value is -2.67. The number of amides is 1. The number of piperidine rings is 1. The number of fused-ring (bicyclic) bond motifs is 3. The zero-order valence-electron chi connectivity index (χ0n) is 18.1. The molecule has 1 amide bonds. The van der Waals surface area contributed by atoms with Gasteiger partial charge in [0, 0.05) is 32.3 Å². The number of nitrogens with one attached hydrogen (secondary N) is 1. The fourth-order valence-electron chi connectivity index (χ4n) is 4.66. The van der Waals surface area contributed by atoms with Crippen LogP contribution < -0.4 is 10.9 Å². The number of hydrogen-bond donors (Lipinski definition) is 1. The van der Waals surface area contributed by atoms with Gasteiger partial charge in [0.25, 0.3) is 5.56 Å². The SMILES string of the molecule is C[C@@H]1CCCN(CCCNC(=O)CCCn2c(=O)c3cccn3c3ccc(F)cc32)C1. The smallest absolute Gasteiger partial charge is 0.275 e. The minimum Gasteiger partial charge on any atom is -0.356 e. The van der Waals surface area contributed by atoms with Crippen molar-refractivity contribution in [2.45, 2.75) is 45.6 Å². The van der Waals surface area contributed by atoms with Crippen molar-refractivity contribution in [2.24, 2.45) is 5.92 Å². The van der Waals surface area contributed by atoms with E-state index in [1.807, 2.05) is 6.07 Å². The third-order valence-electron chi connectivity index (χ3n) is 6.20. The van der Waals surface area contributed by atoms with Gasteiger partial charge in [-0.3, -0.25) is 9.59 Å². The van der Waals surface area contributed by atoms with Crippen molar-refractivity contribution < 1.29 is 9.18 Å². The molecule has 1 saturated heterocycles. The lowest BCUT2D eigenvalue weighted by atomic mass is 10.0. The molecule has 2 aromatic heterocycles. The summed E-state index contributed by atoms with van der Waals surface area (Å²) in [6, 6.07) is 8.04. The highest BCUT2D eigenvalue weighted by molar-refractivity contribution is 5.79. The first-order valence-electron chi connectivity index (χ1n) is 11.3. The topological polar surface area (TPSA) is 58.8 Å². The number of aromatic nitrogens is 2. The van der Waals surface area contributed by atoms with Crippen molar-refractivity contribution in [2.75, 3.05) is 26.2 Å². The summed E-state index contributed by atoms with van der Waals surface area (Å²) in [5, 5.41) is 2.99. The Morgan fingerprint density at radius 2 is 2.03 bits per heavy atom. The second-order valence-corrected chi connectivity index (χ2v) is 8.71. The van der Waals surface area contributed by atoms with Crippen molar-refractivity contribution in [1.82, 2.24) is 19.2 Å². The average Bonchev–Trinajstić information content (AvgIpc) is 3.24. The van der Waals surface area contributed by atoms with Gasteiger partial charge < -0.3 is 19.2 Å². The molecule has 7 heteroatoms. The van der Waals surface area contributed by atoms with E-state index in [1.54, 1.807) is 27.3 Å². The number of halogens is 1. The van der Waals surface area contributed by atoms with E-state index >= 15 is 0 Å². The molecule has 1 aliphatic heterocycles. The number of aryl methyl sites for hydroxylation is 1. The van der Waals surface area contributed by atoms with Crippen LogP contribution in [-0.2, 0) is 11.3 Å². The lowest BCUT2D eigenvalue weighted by Gasteiger charge is -2.30. The van der Waals surface area contributed by atoms with E-state index in [0.29, 0.717) is 37.0 Å². The lowest BCUT2D eigenvalue weighted by molar-refractivity contribution is -0.121. The molecule has 0 radical (unpaired) electrons. The monoisotopic (exact) mass is 426 g/mol. The Bertz CT molecular complexity index is 1120. The Labute approximate surface area is 181 Å². The first-order chi connectivity index (χ1) is 15.0. The zero-order valence-corrected chi connectivity index (χ0v) is 18.1. The van der Waals surface area contributed by atoms with Crippen LogP contribution >= 0.6 is 0 Å². The maximum atomic E-state index is 13.9. The van der Waals surface area contributed by atoms with Crippen LogP contribution in [0.4, 0.5) is 4.39 Å².